The van der Waals surface area contributed by atoms with Crippen LogP contribution in [0.25, 0.3) is 27.8 Å². The summed E-state index contributed by atoms with van der Waals surface area (Å²) in [5.74, 6) is 6.39. The Morgan fingerprint density at radius 1 is 0.462 bits per heavy atom. The van der Waals surface area contributed by atoms with Crippen LogP contribution in [0.5, 0.6) is 0 Å². The molecule has 2 aliphatic heterocycles. The summed E-state index contributed by atoms with van der Waals surface area (Å²) in [4.78, 5) is 21.6. The highest BCUT2D eigenvalue weighted by atomic mass is 15.4. The van der Waals surface area contributed by atoms with Crippen LogP contribution in [0.2, 0.25) is 0 Å². The molecule has 39 heavy (non-hydrogen) atoms. The minimum atomic E-state index is 0.585. The van der Waals surface area contributed by atoms with Crippen molar-refractivity contribution in [3.63, 3.8) is 0 Å². The predicted octanol–water partition coefficient (Wildman–Crippen LogP) is 6.50. The van der Waals surface area contributed by atoms with Crippen molar-refractivity contribution in [2.75, 3.05) is 9.80 Å². The lowest BCUT2D eigenvalue weighted by Gasteiger charge is -2.45. The Balaban J connectivity index is 1.20. The molecule has 4 aromatic rings. The molecule has 6 nitrogen and oxygen atoms in total. The predicted molar refractivity (Wildman–Crippen MR) is 154 cm³/mol. The van der Waals surface area contributed by atoms with Crippen LogP contribution in [0, 0.1) is 23.7 Å². The summed E-state index contributed by atoms with van der Waals surface area (Å²) in [5, 5.41) is 2.53. The molecule has 4 saturated carbocycles. The molecule has 0 radical (unpaired) electrons. The number of anilines is 2. The summed E-state index contributed by atoms with van der Waals surface area (Å²) in [6, 6.07) is 19.9. The van der Waals surface area contributed by atoms with Gasteiger partial charge in [-0.1, -0.05) is 36.4 Å². The second-order valence-electron chi connectivity index (χ2n) is 13.6. The molecule has 0 N–H and O–H groups in total. The lowest BCUT2D eigenvalue weighted by atomic mass is 9.78. The number of hydrogen-bond donors (Lipinski definition) is 0. The first-order chi connectivity index (χ1) is 19.3. The molecule has 2 aromatic heterocycles. The first-order valence-electron chi connectivity index (χ1n) is 15.6. The van der Waals surface area contributed by atoms with Gasteiger partial charge < -0.3 is 9.80 Å². The van der Waals surface area contributed by atoms with Crippen molar-refractivity contribution in [2.24, 2.45) is 23.7 Å². The van der Waals surface area contributed by atoms with E-state index in [9.17, 15) is 0 Å². The van der Waals surface area contributed by atoms with Crippen LogP contribution < -0.4 is 9.80 Å². The number of para-hydroxylation sites is 2. The van der Waals surface area contributed by atoms with Crippen LogP contribution in [0.15, 0.2) is 48.5 Å². The molecule has 0 spiro atoms. The van der Waals surface area contributed by atoms with E-state index in [4.69, 9.17) is 15.0 Å². The zero-order chi connectivity index (χ0) is 25.2. The van der Waals surface area contributed by atoms with Gasteiger partial charge in [0.15, 0.2) is 0 Å². The molecule has 4 heterocycles. The highest BCUT2D eigenvalue weighted by Crippen LogP contribution is 2.53. The highest BCUT2D eigenvalue weighted by Gasteiger charge is 2.51. The molecule has 6 heteroatoms. The topological polar surface area (TPSA) is 50.1 Å². The van der Waals surface area contributed by atoms with Crippen molar-refractivity contribution in [3.8, 4) is 5.95 Å². The van der Waals surface area contributed by atoms with Gasteiger partial charge in [0.1, 0.15) is 0 Å². The minimum Gasteiger partial charge on any atom is -0.335 e. The molecule has 6 aliphatic rings. The SMILES string of the molecule is c1ccc2c(c1)c1ccccc1n2-c1nc(N2C3CCC4CC2CC4C3)nc(N2C3CCC4CC2CC4C3)n1. The summed E-state index contributed by atoms with van der Waals surface area (Å²) < 4.78 is 2.32. The van der Waals surface area contributed by atoms with Gasteiger partial charge in [0.25, 0.3) is 0 Å². The second kappa shape index (κ2) is 7.74. The van der Waals surface area contributed by atoms with Crippen LogP contribution in [-0.2, 0) is 0 Å². The number of aromatic nitrogens is 4. The number of nitrogens with zero attached hydrogens (tertiary/aromatic N) is 6. The summed E-state index contributed by atoms with van der Waals surface area (Å²) in [6.45, 7) is 0. The van der Waals surface area contributed by atoms with E-state index in [1.807, 2.05) is 0 Å². The van der Waals surface area contributed by atoms with Crippen molar-refractivity contribution < 1.29 is 0 Å². The van der Waals surface area contributed by atoms with E-state index in [1.54, 1.807) is 0 Å². The Morgan fingerprint density at radius 2 is 0.897 bits per heavy atom. The molecular weight excluding hydrogens is 480 g/mol. The normalized spacial score (nSPS) is 36.1. The molecule has 6 fully saturated rings. The first-order valence-corrected chi connectivity index (χ1v) is 15.6. The van der Waals surface area contributed by atoms with Crippen molar-refractivity contribution in [1.29, 1.82) is 0 Å². The number of hydrogen-bond acceptors (Lipinski definition) is 5. The number of benzene rings is 2. The molecule has 8 atom stereocenters. The summed E-state index contributed by atoms with van der Waals surface area (Å²) in [7, 11) is 0. The third-order valence-electron chi connectivity index (χ3n) is 11.9. The van der Waals surface area contributed by atoms with E-state index < -0.39 is 0 Å². The summed E-state index contributed by atoms with van der Waals surface area (Å²) >= 11 is 0. The maximum Gasteiger partial charge on any atom is 0.241 e. The van der Waals surface area contributed by atoms with Gasteiger partial charge in [-0.25, -0.2) is 0 Å². The molecule has 2 aromatic carbocycles. The Hall–Kier alpha value is -3.15. The van der Waals surface area contributed by atoms with Gasteiger partial charge in [-0.15, -0.1) is 0 Å². The van der Waals surface area contributed by atoms with E-state index in [2.05, 4.69) is 62.9 Å². The molecule has 0 amide bonds. The highest BCUT2D eigenvalue weighted by molar-refractivity contribution is 6.08. The largest absolute Gasteiger partial charge is 0.335 e. The fourth-order valence-corrected chi connectivity index (χ4v) is 10.4. The van der Waals surface area contributed by atoms with Gasteiger partial charge in [0.2, 0.25) is 17.8 Å². The van der Waals surface area contributed by atoms with E-state index in [0.717, 1.165) is 41.5 Å². The van der Waals surface area contributed by atoms with Crippen molar-refractivity contribution >= 4 is 33.7 Å². The van der Waals surface area contributed by atoms with Gasteiger partial charge in [-0.2, -0.15) is 15.0 Å². The van der Waals surface area contributed by atoms with E-state index >= 15 is 0 Å². The van der Waals surface area contributed by atoms with Crippen LogP contribution in [-0.4, -0.2) is 43.7 Å². The lowest BCUT2D eigenvalue weighted by Crippen LogP contribution is -2.49. The van der Waals surface area contributed by atoms with E-state index in [1.165, 1.54) is 86.0 Å². The van der Waals surface area contributed by atoms with Crippen LogP contribution >= 0.6 is 0 Å². The first kappa shape index (κ1) is 21.6. The molecule has 6 bridgehead atoms. The van der Waals surface area contributed by atoms with Crippen LogP contribution in [0.3, 0.4) is 0 Å². The van der Waals surface area contributed by atoms with Crippen molar-refractivity contribution in [3.05, 3.63) is 48.5 Å². The Morgan fingerprint density at radius 3 is 1.44 bits per heavy atom. The summed E-state index contributed by atoms with van der Waals surface area (Å²) in [6.07, 6.45) is 13.3. The minimum absolute atomic E-state index is 0.585. The van der Waals surface area contributed by atoms with Gasteiger partial charge in [-0.05, 0) is 100 Å². The standard InChI is InChI=1S/C33H36N6/c1-3-7-29-27(5-1)28-6-2-4-8-30(28)39(29)33-35-31(37-23-11-9-19-13-25(37)17-21(19)15-23)34-32(36-33)38-24-12-10-20-14-26(38)18-22(20)16-24/h1-8,19-26H,9-18H2. The third-order valence-corrected chi connectivity index (χ3v) is 11.9. The van der Waals surface area contributed by atoms with Gasteiger partial charge in [0, 0.05) is 34.9 Å². The molecule has 4 aliphatic carbocycles. The zero-order valence-electron chi connectivity index (χ0n) is 22.5. The molecule has 198 valence electrons. The maximum absolute atomic E-state index is 5.43. The average Bonchev–Trinajstić information content (AvgIpc) is 3.53. The van der Waals surface area contributed by atoms with Gasteiger partial charge in [0.05, 0.1) is 11.0 Å². The second-order valence-corrected chi connectivity index (χ2v) is 13.6. The number of fused-ring (bicyclic) bond motifs is 7. The lowest BCUT2D eigenvalue weighted by molar-refractivity contribution is 0.231. The van der Waals surface area contributed by atoms with Gasteiger partial charge >= 0.3 is 0 Å². The molecular formula is C33H36N6. The number of piperidine rings is 2. The average molecular weight is 517 g/mol. The summed E-state index contributed by atoms with van der Waals surface area (Å²) in [5.41, 5.74) is 2.37. The fraction of sp³-hybridized carbons (Fsp3) is 0.545. The Labute approximate surface area is 229 Å². The van der Waals surface area contributed by atoms with E-state index in [-0.39, 0.29) is 0 Å². The Kier molecular flexibility index (Phi) is 4.29. The number of rotatable bonds is 3. The third kappa shape index (κ3) is 2.95. The van der Waals surface area contributed by atoms with E-state index in [0.29, 0.717) is 24.2 Å². The zero-order valence-corrected chi connectivity index (χ0v) is 22.5. The maximum atomic E-state index is 5.43. The smallest absolute Gasteiger partial charge is 0.241 e. The quantitative estimate of drug-likeness (QED) is 0.311. The molecule has 8 unspecified atom stereocenters. The fourth-order valence-electron chi connectivity index (χ4n) is 10.4. The van der Waals surface area contributed by atoms with Crippen LogP contribution in [0.4, 0.5) is 11.9 Å². The van der Waals surface area contributed by atoms with Crippen molar-refractivity contribution in [1.82, 2.24) is 19.5 Å². The van der Waals surface area contributed by atoms with Crippen LogP contribution in [0.1, 0.15) is 64.2 Å². The Bertz CT molecular complexity index is 1500. The monoisotopic (exact) mass is 516 g/mol. The molecule has 10 rings (SSSR count). The van der Waals surface area contributed by atoms with Crippen molar-refractivity contribution in [2.45, 2.75) is 88.4 Å². The van der Waals surface area contributed by atoms with Gasteiger partial charge in [-0.3, -0.25) is 4.57 Å². The molecule has 2 saturated heterocycles.